The highest BCUT2D eigenvalue weighted by Gasteiger charge is 2.15. The minimum Gasteiger partial charge on any atom is -0.478 e. The number of hydrogen-bond acceptors (Lipinski definition) is 3. The highest BCUT2D eigenvalue weighted by Crippen LogP contribution is 2.18. The molecule has 0 radical (unpaired) electrons. The quantitative estimate of drug-likeness (QED) is 0.895. The van der Waals surface area contributed by atoms with Crippen LogP contribution in [0.3, 0.4) is 0 Å². The molecule has 20 heavy (non-hydrogen) atoms. The molecule has 0 aliphatic heterocycles. The van der Waals surface area contributed by atoms with E-state index < -0.39 is 17.7 Å². The Kier molecular flexibility index (Phi) is 5.39. The van der Waals surface area contributed by atoms with Gasteiger partial charge in [0.15, 0.2) is 0 Å². The number of carbonyl (C=O) groups excluding carboxylic acids is 1. The van der Waals surface area contributed by atoms with Crippen LogP contribution in [0.25, 0.3) is 0 Å². The van der Waals surface area contributed by atoms with Crippen molar-refractivity contribution in [2.24, 2.45) is 0 Å². The fourth-order valence-corrected chi connectivity index (χ4v) is 1.77. The van der Waals surface area contributed by atoms with Crippen LogP contribution in [0.4, 0.5) is 4.79 Å². The van der Waals surface area contributed by atoms with E-state index in [1.165, 1.54) is 12.1 Å². The lowest BCUT2D eigenvalue weighted by atomic mass is 10.1. The smallest absolute Gasteiger partial charge is 0.407 e. The summed E-state index contributed by atoms with van der Waals surface area (Å²) < 4.78 is 5.10. The van der Waals surface area contributed by atoms with Gasteiger partial charge < -0.3 is 15.2 Å². The van der Waals surface area contributed by atoms with Gasteiger partial charge in [-0.1, -0.05) is 17.7 Å². The van der Waals surface area contributed by atoms with E-state index in [9.17, 15) is 9.59 Å². The predicted octanol–water partition coefficient (Wildman–Crippen LogP) is 3.11. The second-order valence-electron chi connectivity index (χ2n) is 5.29. The molecule has 0 saturated carbocycles. The van der Waals surface area contributed by atoms with Gasteiger partial charge >= 0.3 is 12.1 Å². The molecule has 0 saturated heterocycles. The van der Waals surface area contributed by atoms with Gasteiger partial charge in [0, 0.05) is 11.6 Å². The summed E-state index contributed by atoms with van der Waals surface area (Å²) in [5, 5.41) is 11.8. The molecule has 1 rings (SSSR count). The zero-order chi connectivity index (χ0) is 15.3. The molecule has 1 aromatic carbocycles. The van der Waals surface area contributed by atoms with Gasteiger partial charge in [-0.2, -0.15) is 0 Å². The molecule has 0 fully saturated rings. The number of amides is 1. The third-order valence-corrected chi connectivity index (χ3v) is 2.71. The van der Waals surface area contributed by atoms with Gasteiger partial charge in [-0.25, -0.2) is 9.59 Å². The molecular weight excluding hydrogens is 282 g/mol. The molecule has 0 aliphatic rings. The fraction of sp³-hybridized carbons (Fsp3) is 0.429. The van der Waals surface area contributed by atoms with Crippen LogP contribution in [0.5, 0.6) is 0 Å². The summed E-state index contributed by atoms with van der Waals surface area (Å²) in [6.45, 7) is 5.72. The van der Waals surface area contributed by atoms with E-state index in [1.54, 1.807) is 26.8 Å². The molecule has 0 aromatic heterocycles. The number of ether oxygens (including phenoxy) is 1. The van der Waals surface area contributed by atoms with Gasteiger partial charge in [0.25, 0.3) is 0 Å². The maximum absolute atomic E-state index is 11.4. The third kappa shape index (κ3) is 5.48. The zero-order valence-electron chi connectivity index (χ0n) is 11.7. The van der Waals surface area contributed by atoms with Crippen molar-refractivity contribution in [3.8, 4) is 0 Å². The fourth-order valence-electron chi connectivity index (χ4n) is 1.50. The van der Waals surface area contributed by atoms with Crippen molar-refractivity contribution in [3.05, 3.63) is 34.3 Å². The second-order valence-corrected chi connectivity index (χ2v) is 5.70. The second kappa shape index (κ2) is 6.61. The minimum atomic E-state index is -1.02. The van der Waals surface area contributed by atoms with Crippen LogP contribution in [0.15, 0.2) is 18.2 Å². The number of benzene rings is 1. The number of rotatable bonds is 4. The maximum atomic E-state index is 11.4. The Morgan fingerprint density at radius 3 is 2.50 bits per heavy atom. The molecule has 5 nitrogen and oxygen atoms in total. The molecule has 0 unspecified atom stereocenters. The number of nitrogens with one attached hydrogen (secondary N) is 1. The number of halogens is 1. The van der Waals surface area contributed by atoms with Crippen LogP contribution in [0.1, 0.15) is 36.7 Å². The summed E-state index contributed by atoms with van der Waals surface area (Å²) in [5.41, 5.74) is 0.372. The third-order valence-electron chi connectivity index (χ3n) is 2.36. The zero-order valence-corrected chi connectivity index (χ0v) is 12.5. The highest BCUT2D eigenvalue weighted by atomic mass is 35.5. The first-order chi connectivity index (χ1) is 9.19. The van der Waals surface area contributed by atoms with E-state index in [2.05, 4.69) is 5.32 Å². The number of alkyl carbamates (subject to hydrolysis) is 1. The SMILES string of the molecule is CC(C)(C)OC(=O)NCCc1ccc(C(=O)O)cc1Cl. The topological polar surface area (TPSA) is 75.6 Å². The minimum absolute atomic E-state index is 0.138. The van der Waals surface area contributed by atoms with Crippen molar-refractivity contribution >= 4 is 23.7 Å². The van der Waals surface area contributed by atoms with Crippen LogP contribution in [-0.2, 0) is 11.2 Å². The van der Waals surface area contributed by atoms with E-state index in [4.69, 9.17) is 21.4 Å². The van der Waals surface area contributed by atoms with E-state index >= 15 is 0 Å². The molecule has 0 heterocycles. The van der Waals surface area contributed by atoms with Crippen molar-refractivity contribution in [3.63, 3.8) is 0 Å². The summed E-state index contributed by atoms with van der Waals surface area (Å²) in [4.78, 5) is 22.2. The molecule has 0 atom stereocenters. The van der Waals surface area contributed by atoms with Crippen molar-refractivity contribution in [1.82, 2.24) is 5.32 Å². The first-order valence-electron chi connectivity index (χ1n) is 6.17. The van der Waals surface area contributed by atoms with Gasteiger partial charge in [0.05, 0.1) is 5.56 Å². The normalized spacial score (nSPS) is 11.0. The van der Waals surface area contributed by atoms with Crippen LogP contribution in [-0.4, -0.2) is 29.3 Å². The van der Waals surface area contributed by atoms with Crippen LogP contribution in [0.2, 0.25) is 5.02 Å². The van der Waals surface area contributed by atoms with Gasteiger partial charge in [0.1, 0.15) is 5.60 Å². The van der Waals surface area contributed by atoms with Gasteiger partial charge in [-0.3, -0.25) is 0 Å². The number of carboxylic acid groups (broad SMARTS) is 1. The van der Waals surface area contributed by atoms with Crippen molar-refractivity contribution in [2.45, 2.75) is 32.8 Å². The van der Waals surface area contributed by atoms with Crippen molar-refractivity contribution in [1.29, 1.82) is 0 Å². The molecule has 2 N–H and O–H groups in total. The predicted molar refractivity (Wildman–Crippen MR) is 76.4 cm³/mol. The summed E-state index contributed by atoms with van der Waals surface area (Å²) >= 11 is 5.99. The average molecular weight is 300 g/mol. The Labute approximate surface area is 122 Å². The first kappa shape index (κ1) is 16.3. The summed E-state index contributed by atoms with van der Waals surface area (Å²) in [6.07, 6.45) is 0.00797. The summed E-state index contributed by atoms with van der Waals surface area (Å²) in [5.74, 6) is -1.02. The van der Waals surface area contributed by atoms with Gasteiger partial charge in [-0.05, 0) is 44.9 Å². The molecule has 1 aromatic rings. The standard InChI is InChI=1S/C14H18ClNO4/c1-14(2,3)20-13(19)16-7-6-9-4-5-10(12(17)18)8-11(9)15/h4-5,8H,6-7H2,1-3H3,(H,16,19)(H,17,18). The first-order valence-corrected chi connectivity index (χ1v) is 6.55. The van der Waals surface area contributed by atoms with E-state index in [-0.39, 0.29) is 5.56 Å². The number of aromatic carboxylic acids is 1. The Bertz CT molecular complexity index is 508. The van der Waals surface area contributed by atoms with Gasteiger partial charge in [-0.15, -0.1) is 0 Å². The van der Waals surface area contributed by atoms with Crippen LogP contribution in [0, 0.1) is 0 Å². The Hall–Kier alpha value is -1.75. The van der Waals surface area contributed by atoms with E-state index in [1.807, 2.05) is 0 Å². The molecule has 0 bridgehead atoms. The van der Waals surface area contributed by atoms with Crippen LogP contribution >= 0.6 is 11.6 Å². The molecule has 1 amide bonds. The monoisotopic (exact) mass is 299 g/mol. The Morgan fingerprint density at radius 1 is 1.35 bits per heavy atom. The van der Waals surface area contributed by atoms with Crippen LogP contribution < -0.4 is 5.32 Å². The van der Waals surface area contributed by atoms with Crippen molar-refractivity contribution < 1.29 is 19.4 Å². The number of carboxylic acids is 1. The lowest BCUT2D eigenvalue weighted by Gasteiger charge is -2.19. The summed E-state index contributed by atoms with van der Waals surface area (Å²) in [6, 6.07) is 4.52. The molecule has 110 valence electrons. The molecule has 0 spiro atoms. The van der Waals surface area contributed by atoms with Crippen molar-refractivity contribution in [2.75, 3.05) is 6.54 Å². The van der Waals surface area contributed by atoms with E-state index in [0.717, 1.165) is 5.56 Å². The highest BCUT2D eigenvalue weighted by molar-refractivity contribution is 6.31. The lowest BCUT2D eigenvalue weighted by Crippen LogP contribution is -2.33. The lowest BCUT2D eigenvalue weighted by molar-refractivity contribution is 0.0528. The van der Waals surface area contributed by atoms with Gasteiger partial charge in [0.2, 0.25) is 0 Å². The average Bonchev–Trinajstić information content (AvgIpc) is 2.28. The molecule has 6 heteroatoms. The number of carbonyl (C=O) groups is 2. The largest absolute Gasteiger partial charge is 0.478 e. The molecular formula is C14H18ClNO4. The summed E-state index contributed by atoms with van der Waals surface area (Å²) in [7, 11) is 0. The van der Waals surface area contributed by atoms with E-state index in [0.29, 0.717) is 18.0 Å². The Morgan fingerprint density at radius 2 is 2.00 bits per heavy atom. The number of hydrogen-bond donors (Lipinski definition) is 2. The maximum Gasteiger partial charge on any atom is 0.407 e. The molecule has 0 aliphatic carbocycles. The Balaban J connectivity index is 2.51.